The van der Waals surface area contributed by atoms with Gasteiger partial charge in [0.2, 0.25) is 0 Å². The SMILES string of the molecule is FCC(F)(F)F.FCOCC(F)(F)F.NCCN(CCN)CCNC(=O)F. The lowest BCUT2D eigenvalue weighted by Crippen LogP contribution is -2.39. The smallest absolute Gasteiger partial charge is 0.341 e. The summed E-state index contributed by atoms with van der Waals surface area (Å²) in [7, 11) is 0. The van der Waals surface area contributed by atoms with Crippen LogP contribution < -0.4 is 16.8 Å². The Morgan fingerprint density at radius 3 is 1.59 bits per heavy atom. The Kier molecular flexibility index (Phi) is 20.3. The van der Waals surface area contributed by atoms with Crippen molar-refractivity contribution in [3.63, 3.8) is 0 Å². The molecule has 27 heavy (non-hydrogen) atoms. The molecule has 0 radical (unpaired) electrons. The highest BCUT2D eigenvalue weighted by Gasteiger charge is 2.27. The monoisotopic (exact) mass is 426 g/mol. The third-order valence-corrected chi connectivity index (χ3v) is 2.08. The molecule has 0 aromatic rings. The minimum atomic E-state index is -4.62. The molecule has 0 aromatic carbocycles. The number of nitrogens with one attached hydrogen (secondary N) is 1. The van der Waals surface area contributed by atoms with E-state index < -0.39 is 38.7 Å². The van der Waals surface area contributed by atoms with Gasteiger partial charge in [0.25, 0.3) is 0 Å². The Hall–Kier alpha value is -1.32. The first-order chi connectivity index (χ1) is 12.3. The van der Waals surface area contributed by atoms with Gasteiger partial charge >= 0.3 is 18.5 Å². The molecule has 0 rings (SSSR count). The first-order valence-electron chi connectivity index (χ1n) is 7.21. The molecule has 0 atom stereocenters. The Morgan fingerprint density at radius 1 is 0.926 bits per heavy atom. The van der Waals surface area contributed by atoms with E-state index in [1.165, 1.54) is 0 Å². The van der Waals surface area contributed by atoms with Gasteiger partial charge in [0, 0.05) is 39.3 Å². The fraction of sp³-hybridized carbons (Fsp3) is 0.917. The quantitative estimate of drug-likeness (QED) is 0.298. The third kappa shape index (κ3) is 36.4. The molecule has 0 unspecified atom stereocenters. The topological polar surface area (TPSA) is 93.6 Å². The van der Waals surface area contributed by atoms with Crippen LogP contribution in [0.4, 0.5) is 44.3 Å². The van der Waals surface area contributed by atoms with Crippen LogP contribution in [0.25, 0.3) is 0 Å². The molecule has 166 valence electrons. The number of halogens is 9. The average molecular weight is 426 g/mol. The van der Waals surface area contributed by atoms with Crippen molar-refractivity contribution in [2.45, 2.75) is 12.4 Å². The highest BCUT2D eigenvalue weighted by atomic mass is 19.4. The van der Waals surface area contributed by atoms with Gasteiger partial charge in [-0.15, -0.1) is 4.39 Å². The van der Waals surface area contributed by atoms with Gasteiger partial charge in [0.05, 0.1) is 0 Å². The number of rotatable bonds is 9. The molecule has 15 heteroatoms. The molecular weight excluding hydrogens is 403 g/mol. The van der Waals surface area contributed by atoms with Crippen LogP contribution in [0.1, 0.15) is 0 Å². The summed E-state index contributed by atoms with van der Waals surface area (Å²) < 4.78 is 100. The highest BCUT2D eigenvalue weighted by Crippen LogP contribution is 2.14. The fourth-order valence-corrected chi connectivity index (χ4v) is 1.17. The van der Waals surface area contributed by atoms with Crippen LogP contribution in [0.3, 0.4) is 0 Å². The predicted octanol–water partition coefficient (Wildman–Crippen LogP) is 1.90. The van der Waals surface area contributed by atoms with Crippen molar-refractivity contribution in [3.8, 4) is 0 Å². The molecule has 0 aliphatic rings. The van der Waals surface area contributed by atoms with Gasteiger partial charge in [-0.2, -0.15) is 26.3 Å². The zero-order valence-electron chi connectivity index (χ0n) is 14.2. The summed E-state index contributed by atoms with van der Waals surface area (Å²) in [5, 5.41) is 2.06. The average Bonchev–Trinajstić information content (AvgIpc) is 2.53. The maximum Gasteiger partial charge on any atom is 0.416 e. The van der Waals surface area contributed by atoms with Crippen LogP contribution in [0.15, 0.2) is 0 Å². The van der Waals surface area contributed by atoms with Crippen LogP contribution in [0.5, 0.6) is 0 Å². The second-order valence-corrected chi connectivity index (χ2v) is 4.44. The second-order valence-electron chi connectivity index (χ2n) is 4.44. The molecule has 0 bridgehead atoms. The van der Waals surface area contributed by atoms with Crippen molar-refractivity contribution < 1.29 is 49.0 Å². The maximum absolute atomic E-state index is 11.7. The molecule has 0 saturated heterocycles. The predicted molar refractivity (Wildman–Crippen MR) is 79.1 cm³/mol. The molecule has 6 nitrogen and oxygen atoms in total. The van der Waals surface area contributed by atoms with Gasteiger partial charge in [-0.25, -0.2) is 13.6 Å². The largest absolute Gasteiger partial charge is 0.416 e. The summed E-state index contributed by atoms with van der Waals surface area (Å²) in [6.45, 7) is -1.79. The number of hydrogen-bond donors (Lipinski definition) is 3. The second kappa shape index (κ2) is 18.1. The standard InChI is InChI=1S/C7H17FN4O.C3H4F4O.C2H2F4/c8-7(13)11-3-6-12(4-1-9)5-2-10;4-2-8-1-3(5,6)7;3-1-2(4,5)6/h1-6,9-10H2,(H,11,13);1-2H2;1H2. The molecule has 0 spiro atoms. The lowest BCUT2D eigenvalue weighted by Gasteiger charge is -2.19. The molecule has 0 aliphatic carbocycles. The van der Waals surface area contributed by atoms with Crippen molar-refractivity contribution in [1.29, 1.82) is 0 Å². The number of nitrogens with zero attached hydrogens (tertiary/aromatic N) is 1. The lowest BCUT2D eigenvalue weighted by molar-refractivity contribution is -0.182. The van der Waals surface area contributed by atoms with E-state index in [1.54, 1.807) is 0 Å². The van der Waals surface area contributed by atoms with Gasteiger partial charge in [-0.05, 0) is 0 Å². The normalized spacial score (nSPS) is 11.3. The zero-order chi connectivity index (χ0) is 21.9. The molecule has 0 aromatic heterocycles. The van der Waals surface area contributed by atoms with Crippen LogP contribution in [0, 0.1) is 0 Å². The van der Waals surface area contributed by atoms with Gasteiger partial charge in [-0.3, -0.25) is 4.90 Å². The Bertz CT molecular complexity index is 338. The van der Waals surface area contributed by atoms with Crippen molar-refractivity contribution in [2.24, 2.45) is 11.5 Å². The van der Waals surface area contributed by atoms with Crippen molar-refractivity contribution in [3.05, 3.63) is 0 Å². The molecule has 1 amide bonds. The molecule has 0 fully saturated rings. The van der Waals surface area contributed by atoms with E-state index in [2.05, 4.69) is 10.1 Å². The van der Waals surface area contributed by atoms with Crippen molar-refractivity contribution >= 4 is 6.16 Å². The summed E-state index contributed by atoms with van der Waals surface area (Å²) >= 11 is 0. The maximum atomic E-state index is 11.7. The minimum Gasteiger partial charge on any atom is -0.341 e. The summed E-state index contributed by atoms with van der Waals surface area (Å²) in [6, 6.07) is 0. The number of nitrogens with two attached hydrogens (primary N) is 2. The zero-order valence-corrected chi connectivity index (χ0v) is 14.2. The minimum absolute atomic E-state index is 0.287. The first kappa shape index (κ1) is 30.4. The third-order valence-electron chi connectivity index (χ3n) is 2.08. The fourth-order valence-electron chi connectivity index (χ4n) is 1.17. The molecule has 0 saturated carbocycles. The molecule has 0 aliphatic heterocycles. The van der Waals surface area contributed by atoms with Gasteiger partial charge in [0.1, 0.15) is 6.61 Å². The van der Waals surface area contributed by atoms with E-state index in [1.807, 2.05) is 4.90 Å². The number of hydrogen-bond acceptors (Lipinski definition) is 5. The molecule has 0 heterocycles. The van der Waals surface area contributed by atoms with Crippen LogP contribution >= 0.6 is 0 Å². The van der Waals surface area contributed by atoms with Crippen LogP contribution in [-0.2, 0) is 4.74 Å². The van der Waals surface area contributed by atoms with E-state index in [0.29, 0.717) is 32.7 Å². The Morgan fingerprint density at radius 2 is 1.37 bits per heavy atom. The number of carbonyl (C=O) groups is 1. The van der Waals surface area contributed by atoms with E-state index in [4.69, 9.17) is 11.5 Å². The number of carbonyl (C=O) groups excluding carboxylic acids is 1. The van der Waals surface area contributed by atoms with E-state index >= 15 is 0 Å². The van der Waals surface area contributed by atoms with Crippen LogP contribution in [-0.4, -0.2) is 82.8 Å². The summed E-state index contributed by atoms with van der Waals surface area (Å²) in [5.41, 5.74) is 10.7. The summed E-state index contributed by atoms with van der Waals surface area (Å²) in [6.07, 6.45) is -10.5. The number of amides is 1. The van der Waals surface area contributed by atoms with Gasteiger partial charge in [0.15, 0.2) is 13.5 Å². The van der Waals surface area contributed by atoms with Gasteiger partial charge < -0.3 is 21.5 Å². The number of alkyl halides is 8. The van der Waals surface area contributed by atoms with Crippen LogP contribution in [0.2, 0.25) is 0 Å². The first-order valence-corrected chi connectivity index (χ1v) is 7.21. The Balaban J connectivity index is -0.000000351. The van der Waals surface area contributed by atoms with Crippen molar-refractivity contribution in [2.75, 3.05) is 59.4 Å². The van der Waals surface area contributed by atoms with E-state index in [0.717, 1.165) is 0 Å². The Labute approximate surface area is 150 Å². The number of ether oxygens (including phenoxy) is 1. The molecular formula is C12H23F9N4O2. The summed E-state index contributed by atoms with van der Waals surface area (Å²) in [5.74, 6) is 0. The van der Waals surface area contributed by atoms with E-state index in [9.17, 15) is 44.3 Å². The highest BCUT2D eigenvalue weighted by molar-refractivity contribution is 5.65. The van der Waals surface area contributed by atoms with E-state index in [-0.39, 0.29) is 6.54 Å². The van der Waals surface area contributed by atoms with Crippen molar-refractivity contribution in [1.82, 2.24) is 10.2 Å². The summed E-state index contributed by atoms with van der Waals surface area (Å²) in [4.78, 5) is 11.9. The molecule has 5 N–H and O–H groups in total. The lowest BCUT2D eigenvalue weighted by atomic mass is 10.4. The van der Waals surface area contributed by atoms with Gasteiger partial charge in [-0.1, -0.05) is 0 Å².